The predicted octanol–water partition coefficient (Wildman–Crippen LogP) is 5.27. The first-order chi connectivity index (χ1) is 17.5. The van der Waals surface area contributed by atoms with E-state index < -0.39 is 10.0 Å². The van der Waals surface area contributed by atoms with Crippen LogP contribution in [0.15, 0.2) is 102 Å². The van der Waals surface area contributed by atoms with Crippen molar-refractivity contribution in [2.24, 2.45) is 0 Å². The van der Waals surface area contributed by atoms with Crippen LogP contribution in [0.1, 0.15) is 12.6 Å². The van der Waals surface area contributed by atoms with Crippen molar-refractivity contribution in [2.45, 2.75) is 18.4 Å². The fraction of sp³-hybridized carbons (Fsp3) is 0.107. The number of pyridine rings is 1. The van der Waals surface area contributed by atoms with Crippen LogP contribution in [-0.4, -0.2) is 29.9 Å². The molecule has 5 rings (SSSR count). The third-order valence-corrected chi connectivity index (χ3v) is 7.29. The Labute approximate surface area is 210 Å². The van der Waals surface area contributed by atoms with Crippen LogP contribution in [0.5, 0.6) is 0 Å². The van der Waals surface area contributed by atoms with Crippen molar-refractivity contribution in [3.63, 3.8) is 0 Å². The molecule has 3 aromatic carbocycles. The zero-order valence-electron chi connectivity index (χ0n) is 19.7. The van der Waals surface area contributed by atoms with E-state index in [9.17, 15) is 8.42 Å². The van der Waals surface area contributed by atoms with Crippen molar-refractivity contribution in [1.82, 2.24) is 19.7 Å². The normalized spacial score (nSPS) is 11.5. The van der Waals surface area contributed by atoms with Crippen molar-refractivity contribution in [2.75, 3.05) is 11.9 Å². The van der Waals surface area contributed by atoms with Crippen LogP contribution in [0.4, 0.5) is 5.82 Å². The molecule has 0 aliphatic heterocycles. The van der Waals surface area contributed by atoms with Crippen molar-refractivity contribution in [1.29, 1.82) is 0 Å². The lowest BCUT2D eigenvalue weighted by Crippen LogP contribution is -2.22. The number of sulfonamides is 1. The van der Waals surface area contributed by atoms with E-state index in [1.54, 1.807) is 37.4 Å². The first-order valence-corrected chi connectivity index (χ1v) is 13.1. The van der Waals surface area contributed by atoms with E-state index in [-0.39, 0.29) is 4.90 Å². The Morgan fingerprint density at radius 1 is 0.778 bits per heavy atom. The summed E-state index contributed by atoms with van der Waals surface area (Å²) in [6.45, 7) is 2.57. The van der Waals surface area contributed by atoms with Gasteiger partial charge in [-0.25, -0.2) is 23.1 Å². The molecule has 36 heavy (non-hydrogen) atoms. The molecule has 0 unspecified atom stereocenters. The number of nitrogens with zero attached hydrogens (tertiary/aromatic N) is 3. The zero-order valence-corrected chi connectivity index (χ0v) is 20.5. The molecule has 0 saturated carbocycles. The molecule has 0 saturated heterocycles. The van der Waals surface area contributed by atoms with E-state index in [4.69, 9.17) is 9.97 Å². The lowest BCUT2D eigenvalue weighted by molar-refractivity contribution is 0.584. The molecule has 0 bridgehead atoms. The van der Waals surface area contributed by atoms with Gasteiger partial charge in [0.05, 0.1) is 28.0 Å². The molecule has 7 nitrogen and oxygen atoms in total. The summed E-state index contributed by atoms with van der Waals surface area (Å²) in [5.74, 6) is 1.19. The maximum absolute atomic E-state index is 12.3. The molecule has 0 aliphatic rings. The van der Waals surface area contributed by atoms with Crippen LogP contribution in [0.25, 0.3) is 33.4 Å². The van der Waals surface area contributed by atoms with Crippen molar-refractivity contribution < 1.29 is 8.42 Å². The number of hydrogen-bond donors (Lipinski definition) is 2. The summed E-state index contributed by atoms with van der Waals surface area (Å²) in [4.78, 5) is 14.3. The minimum atomic E-state index is -3.54. The van der Waals surface area contributed by atoms with Crippen molar-refractivity contribution in [3.8, 4) is 22.5 Å². The van der Waals surface area contributed by atoms with Crippen LogP contribution in [0.2, 0.25) is 0 Å². The summed E-state index contributed by atoms with van der Waals surface area (Å²) in [5, 5.41) is 4.37. The molecular formula is C28H25N5O2S. The first-order valence-electron chi connectivity index (χ1n) is 11.7. The Morgan fingerprint density at radius 3 is 2.28 bits per heavy atom. The number of fused-ring (bicyclic) bond motifs is 1. The lowest BCUT2D eigenvalue weighted by Gasteiger charge is -2.14. The molecule has 2 aromatic heterocycles. The summed E-state index contributed by atoms with van der Waals surface area (Å²) in [7, 11) is -3.54. The van der Waals surface area contributed by atoms with Crippen LogP contribution < -0.4 is 10.0 Å². The SMILES string of the molecule is CCNS(=O)(=O)c1ccc(-c2nc(NCc3ccccn3)c3c(-c4ccccc4)cccc3n2)cc1. The van der Waals surface area contributed by atoms with Gasteiger partial charge in [-0.2, -0.15) is 0 Å². The zero-order chi connectivity index (χ0) is 25.0. The second-order valence-corrected chi connectivity index (χ2v) is 9.93. The van der Waals surface area contributed by atoms with Crippen LogP contribution >= 0.6 is 0 Å². The maximum Gasteiger partial charge on any atom is 0.240 e. The monoisotopic (exact) mass is 495 g/mol. The lowest BCUT2D eigenvalue weighted by atomic mass is 10.0. The van der Waals surface area contributed by atoms with Gasteiger partial charge in [-0.15, -0.1) is 0 Å². The van der Waals surface area contributed by atoms with Crippen LogP contribution in [-0.2, 0) is 16.6 Å². The summed E-state index contributed by atoms with van der Waals surface area (Å²) in [6.07, 6.45) is 1.76. The molecule has 0 atom stereocenters. The van der Waals surface area contributed by atoms with E-state index >= 15 is 0 Å². The standard InChI is InChI=1S/C28H25N5O2S/c1-2-31-36(34,35)23-16-14-21(15-17-23)27-32-25-13-8-12-24(20-9-4-3-5-10-20)26(25)28(33-27)30-19-22-11-6-7-18-29-22/h3-18,31H,2,19H2,1H3,(H,30,32,33). The molecule has 2 N–H and O–H groups in total. The Hall–Kier alpha value is -4.14. The smallest absolute Gasteiger partial charge is 0.240 e. The highest BCUT2D eigenvalue weighted by Gasteiger charge is 2.16. The van der Waals surface area contributed by atoms with Crippen LogP contribution in [0, 0.1) is 0 Å². The summed E-state index contributed by atoms with van der Waals surface area (Å²) >= 11 is 0. The Bertz CT molecular complexity index is 1590. The summed E-state index contributed by atoms with van der Waals surface area (Å²) in [5.41, 5.74) is 4.49. The molecule has 180 valence electrons. The van der Waals surface area contributed by atoms with Gasteiger partial charge >= 0.3 is 0 Å². The molecule has 0 amide bonds. The quantitative estimate of drug-likeness (QED) is 0.304. The van der Waals surface area contributed by atoms with Gasteiger partial charge in [-0.05, 0) is 53.6 Å². The number of nitrogens with one attached hydrogen (secondary N) is 2. The van der Waals surface area contributed by atoms with E-state index in [0.29, 0.717) is 24.7 Å². The van der Waals surface area contributed by atoms with Crippen LogP contribution in [0.3, 0.4) is 0 Å². The Balaban J connectivity index is 1.61. The first kappa shape index (κ1) is 23.6. The van der Waals surface area contributed by atoms with E-state index in [1.165, 1.54) is 0 Å². The fourth-order valence-electron chi connectivity index (χ4n) is 4.03. The fourth-order valence-corrected chi connectivity index (χ4v) is 5.07. The molecule has 5 aromatic rings. The number of benzene rings is 3. The van der Waals surface area contributed by atoms with Gasteiger partial charge in [0.1, 0.15) is 5.82 Å². The second-order valence-electron chi connectivity index (χ2n) is 8.16. The van der Waals surface area contributed by atoms with Gasteiger partial charge in [0.15, 0.2) is 5.82 Å². The van der Waals surface area contributed by atoms with Gasteiger partial charge in [0, 0.05) is 18.3 Å². The maximum atomic E-state index is 12.3. The number of aromatic nitrogens is 3. The highest BCUT2D eigenvalue weighted by atomic mass is 32.2. The molecular weight excluding hydrogens is 470 g/mol. The van der Waals surface area contributed by atoms with Gasteiger partial charge in [0.2, 0.25) is 10.0 Å². The minimum Gasteiger partial charge on any atom is -0.364 e. The topological polar surface area (TPSA) is 96.9 Å². The van der Waals surface area contributed by atoms with Gasteiger partial charge in [-0.3, -0.25) is 4.98 Å². The van der Waals surface area contributed by atoms with Crippen molar-refractivity contribution >= 4 is 26.7 Å². The number of hydrogen-bond acceptors (Lipinski definition) is 6. The predicted molar refractivity (Wildman–Crippen MR) is 143 cm³/mol. The Morgan fingerprint density at radius 2 is 1.56 bits per heavy atom. The molecule has 8 heteroatoms. The molecule has 0 spiro atoms. The molecule has 2 heterocycles. The molecule has 0 radical (unpaired) electrons. The average Bonchev–Trinajstić information content (AvgIpc) is 2.92. The van der Waals surface area contributed by atoms with Gasteiger partial charge in [-0.1, -0.05) is 55.5 Å². The Kier molecular flexibility index (Phi) is 6.71. The third-order valence-electron chi connectivity index (χ3n) is 5.73. The second kappa shape index (κ2) is 10.2. The van der Waals surface area contributed by atoms with E-state index in [1.807, 2.05) is 48.5 Å². The minimum absolute atomic E-state index is 0.203. The highest BCUT2D eigenvalue weighted by molar-refractivity contribution is 7.89. The van der Waals surface area contributed by atoms with Crippen molar-refractivity contribution in [3.05, 3.63) is 103 Å². The van der Waals surface area contributed by atoms with Gasteiger partial charge < -0.3 is 5.32 Å². The van der Waals surface area contributed by atoms with E-state index in [0.717, 1.165) is 33.3 Å². The molecule has 0 aliphatic carbocycles. The highest BCUT2D eigenvalue weighted by Crippen LogP contribution is 2.34. The number of rotatable bonds is 8. The number of anilines is 1. The third kappa shape index (κ3) is 4.95. The average molecular weight is 496 g/mol. The molecule has 0 fully saturated rings. The largest absolute Gasteiger partial charge is 0.364 e. The summed E-state index contributed by atoms with van der Waals surface area (Å²) in [6, 6.07) is 28.5. The van der Waals surface area contributed by atoms with E-state index in [2.05, 4.69) is 33.2 Å². The summed E-state index contributed by atoms with van der Waals surface area (Å²) < 4.78 is 27.2. The van der Waals surface area contributed by atoms with Gasteiger partial charge in [0.25, 0.3) is 0 Å².